The minimum absolute atomic E-state index is 0.108. The van der Waals surface area contributed by atoms with E-state index >= 15 is 0 Å². The number of aliphatic carboxylic acids is 1. The third-order valence-electron chi connectivity index (χ3n) is 10.9. The van der Waals surface area contributed by atoms with Crippen LogP contribution in [0.25, 0.3) is 0 Å². The SMILES string of the molecule is C=C(C1CN([C@@H](C(=O)O)C2CCCCC2)C[C@@H]1c1ccccc1)N1CCC(N(CC2CC2)C(=O)OCc2ccc(N[O-])cc2)CC1. The van der Waals surface area contributed by atoms with Gasteiger partial charge in [0.05, 0.1) is 0 Å². The van der Waals surface area contributed by atoms with E-state index in [2.05, 4.69) is 40.6 Å². The molecule has 9 heteroatoms. The van der Waals surface area contributed by atoms with Gasteiger partial charge in [-0.15, -0.1) is 0 Å². The molecule has 0 aromatic heterocycles. The van der Waals surface area contributed by atoms with Crippen molar-refractivity contribution in [1.29, 1.82) is 0 Å². The van der Waals surface area contributed by atoms with Crippen LogP contribution in [0, 0.1) is 23.0 Å². The first kappa shape index (κ1) is 32.4. The van der Waals surface area contributed by atoms with Gasteiger partial charge in [-0.2, -0.15) is 0 Å². The molecule has 9 nitrogen and oxygen atoms in total. The predicted molar refractivity (Wildman–Crippen MR) is 179 cm³/mol. The van der Waals surface area contributed by atoms with Gasteiger partial charge in [-0.1, -0.05) is 68.3 Å². The van der Waals surface area contributed by atoms with Gasteiger partial charge in [-0.3, -0.25) is 9.69 Å². The fraction of sp³-hybridized carbons (Fsp3) is 0.568. The summed E-state index contributed by atoms with van der Waals surface area (Å²) < 4.78 is 5.77. The summed E-state index contributed by atoms with van der Waals surface area (Å²) in [5, 5.41) is 21.3. The van der Waals surface area contributed by atoms with Crippen LogP contribution in [0.15, 0.2) is 66.9 Å². The van der Waals surface area contributed by atoms with Crippen molar-refractivity contribution in [3.8, 4) is 0 Å². The second-order valence-corrected chi connectivity index (χ2v) is 13.9. The van der Waals surface area contributed by atoms with Crippen LogP contribution in [-0.4, -0.2) is 76.7 Å². The van der Waals surface area contributed by atoms with E-state index in [1.807, 2.05) is 16.4 Å². The lowest BCUT2D eigenvalue weighted by Crippen LogP contribution is -2.49. The highest BCUT2D eigenvalue weighted by Crippen LogP contribution is 2.42. The van der Waals surface area contributed by atoms with Crippen LogP contribution in [0.2, 0.25) is 0 Å². The Morgan fingerprint density at radius 2 is 1.65 bits per heavy atom. The minimum Gasteiger partial charge on any atom is -0.761 e. The molecule has 1 amide bonds. The Kier molecular flexibility index (Phi) is 10.5. The molecule has 2 aromatic rings. The molecule has 4 aliphatic rings. The molecule has 3 atom stereocenters. The van der Waals surface area contributed by atoms with Gasteiger partial charge in [0.1, 0.15) is 12.6 Å². The van der Waals surface area contributed by atoms with E-state index in [4.69, 9.17) is 4.74 Å². The number of carbonyl (C=O) groups is 2. The van der Waals surface area contributed by atoms with Crippen LogP contribution in [-0.2, 0) is 16.1 Å². The van der Waals surface area contributed by atoms with Crippen molar-refractivity contribution in [2.45, 2.75) is 82.4 Å². The summed E-state index contributed by atoms with van der Waals surface area (Å²) in [6.45, 7) is 8.61. The van der Waals surface area contributed by atoms with Crippen LogP contribution in [0.4, 0.5) is 10.5 Å². The number of nitrogens with one attached hydrogen (secondary N) is 1. The van der Waals surface area contributed by atoms with Crippen molar-refractivity contribution in [3.63, 3.8) is 0 Å². The maximum atomic E-state index is 13.4. The molecule has 2 N–H and O–H groups in total. The monoisotopic (exact) mass is 629 g/mol. The van der Waals surface area contributed by atoms with Gasteiger partial charge in [-0.25, -0.2) is 4.79 Å². The van der Waals surface area contributed by atoms with Crippen molar-refractivity contribution in [1.82, 2.24) is 14.7 Å². The van der Waals surface area contributed by atoms with E-state index in [1.54, 1.807) is 24.3 Å². The van der Waals surface area contributed by atoms with E-state index < -0.39 is 12.0 Å². The smallest absolute Gasteiger partial charge is 0.410 e. The number of rotatable bonds is 12. The summed E-state index contributed by atoms with van der Waals surface area (Å²) in [7, 11) is 0. The molecule has 6 rings (SSSR count). The number of ether oxygens (including phenoxy) is 1. The molecule has 2 aliphatic heterocycles. The first-order valence-electron chi connectivity index (χ1n) is 17.3. The first-order valence-corrected chi connectivity index (χ1v) is 17.3. The number of hydrogen-bond donors (Lipinski definition) is 2. The minimum atomic E-state index is -0.690. The molecule has 2 heterocycles. The Morgan fingerprint density at radius 3 is 2.28 bits per heavy atom. The number of likely N-dealkylation sites (tertiary alicyclic amines) is 2. The summed E-state index contributed by atoms with van der Waals surface area (Å²) in [5.74, 6) is 0.393. The number of piperidine rings is 1. The van der Waals surface area contributed by atoms with Crippen molar-refractivity contribution in [2.24, 2.45) is 17.8 Å². The van der Waals surface area contributed by atoms with Crippen LogP contribution >= 0.6 is 0 Å². The Labute approximate surface area is 273 Å². The van der Waals surface area contributed by atoms with Gasteiger partial charge in [0, 0.05) is 62.0 Å². The average molecular weight is 630 g/mol. The van der Waals surface area contributed by atoms with Crippen molar-refractivity contribution in [2.75, 3.05) is 38.2 Å². The quantitative estimate of drug-likeness (QED) is 0.251. The lowest BCUT2D eigenvalue weighted by atomic mass is 9.83. The second kappa shape index (κ2) is 14.9. The van der Waals surface area contributed by atoms with Crippen LogP contribution in [0.5, 0.6) is 0 Å². The largest absolute Gasteiger partial charge is 0.761 e. The lowest BCUT2D eigenvalue weighted by Gasteiger charge is -2.41. The van der Waals surface area contributed by atoms with Crippen LogP contribution in [0.3, 0.4) is 0 Å². The highest BCUT2D eigenvalue weighted by atomic mass is 16.6. The molecule has 0 radical (unpaired) electrons. The topological polar surface area (TPSA) is 108 Å². The summed E-state index contributed by atoms with van der Waals surface area (Å²) in [5.41, 5.74) is 5.53. The number of carbonyl (C=O) groups excluding carboxylic acids is 1. The van der Waals surface area contributed by atoms with Gasteiger partial charge in [0.15, 0.2) is 0 Å². The first-order chi connectivity index (χ1) is 22.4. The van der Waals surface area contributed by atoms with Crippen molar-refractivity contribution < 1.29 is 19.4 Å². The van der Waals surface area contributed by atoms with Crippen molar-refractivity contribution >= 4 is 17.7 Å². The van der Waals surface area contributed by atoms with Gasteiger partial charge >= 0.3 is 12.1 Å². The zero-order valence-corrected chi connectivity index (χ0v) is 26.9. The average Bonchev–Trinajstić information content (AvgIpc) is 3.82. The fourth-order valence-electron chi connectivity index (χ4n) is 8.09. The normalized spacial score (nSPS) is 23.5. The van der Waals surface area contributed by atoms with E-state index in [1.165, 1.54) is 12.0 Å². The van der Waals surface area contributed by atoms with E-state index in [9.17, 15) is 19.9 Å². The number of amides is 1. The van der Waals surface area contributed by atoms with Gasteiger partial charge in [0.25, 0.3) is 0 Å². The zero-order chi connectivity index (χ0) is 32.0. The Morgan fingerprint density at radius 1 is 0.957 bits per heavy atom. The summed E-state index contributed by atoms with van der Waals surface area (Å²) in [6.07, 6.45) is 9.15. The molecular formula is C37H49N4O5-. The number of anilines is 1. The Hall–Kier alpha value is -3.56. The molecule has 2 aromatic carbocycles. The Balaban J connectivity index is 1.10. The van der Waals surface area contributed by atoms with E-state index in [-0.39, 0.29) is 36.5 Å². The van der Waals surface area contributed by atoms with Crippen LogP contribution < -0.4 is 5.48 Å². The number of nitrogens with zero attached hydrogens (tertiary/aromatic N) is 3. The molecule has 2 saturated heterocycles. The molecule has 2 saturated carbocycles. The molecule has 46 heavy (non-hydrogen) atoms. The lowest BCUT2D eigenvalue weighted by molar-refractivity contribution is -0.145. The number of carboxylic acid groups (broad SMARTS) is 1. The van der Waals surface area contributed by atoms with Crippen LogP contribution in [0.1, 0.15) is 74.8 Å². The predicted octanol–water partition coefficient (Wildman–Crippen LogP) is 6.67. The van der Waals surface area contributed by atoms with Gasteiger partial charge in [0.2, 0.25) is 0 Å². The van der Waals surface area contributed by atoms with Gasteiger partial charge < -0.3 is 30.3 Å². The number of benzene rings is 2. The number of hydrogen-bond acceptors (Lipinski definition) is 7. The van der Waals surface area contributed by atoms with Gasteiger partial charge in [-0.05, 0) is 73.6 Å². The number of carboxylic acids is 1. The highest BCUT2D eigenvalue weighted by molar-refractivity contribution is 5.74. The maximum Gasteiger partial charge on any atom is 0.410 e. The molecule has 248 valence electrons. The molecular weight excluding hydrogens is 580 g/mol. The molecule has 0 spiro atoms. The standard InChI is InChI=1S/C37H49N4O5/c1-26(33-23-40(24-34(33)29-8-4-2-5-9-29)35(36(42)43)30-10-6-3-7-11-30)39-20-18-32(19-21-39)41(22-27-12-13-27)37(44)46-25-28-14-16-31(38-45)17-15-28/h2,4-5,8-9,14-17,27,30,32-35,38H,1,3,6-7,10-13,18-25H2,(H,42,43)/q-1/t33?,34-,35-/m1/s1. The van der Waals surface area contributed by atoms with E-state index in [0.717, 1.165) is 88.8 Å². The summed E-state index contributed by atoms with van der Waals surface area (Å²) in [4.78, 5) is 32.6. The van der Waals surface area contributed by atoms with E-state index in [0.29, 0.717) is 18.2 Å². The molecule has 0 bridgehead atoms. The second-order valence-electron chi connectivity index (χ2n) is 13.9. The van der Waals surface area contributed by atoms with Crippen molar-refractivity contribution in [3.05, 3.63) is 83.2 Å². The third kappa shape index (κ3) is 7.69. The maximum absolute atomic E-state index is 13.4. The molecule has 1 unspecified atom stereocenters. The Bertz CT molecular complexity index is 1320. The zero-order valence-electron chi connectivity index (χ0n) is 26.9. The fourth-order valence-corrected chi connectivity index (χ4v) is 8.09. The highest BCUT2D eigenvalue weighted by Gasteiger charge is 2.45. The molecule has 2 aliphatic carbocycles. The third-order valence-corrected chi connectivity index (χ3v) is 10.9. The molecule has 4 fully saturated rings. The summed E-state index contributed by atoms with van der Waals surface area (Å²) in [6, 6.07) is 17.2. The summed E-state index contributed by atoms with van der Waals surface area (Å²) >= 11 is 0.